The van der Waals surface area contributed by atoms with Crippen molar-refractivity contribution in [3.05, 3.63) is 85.8 Å². The first-order chi connectivity index (χ1) is 13.5. The van der Waals surface area contributed by atoms with Crippen LogP contribution in [0, 0.1) is 0 Å². The number of rotatable bonds is 7. The molecule has 3 aromatic rings. The smallest absolute Gasteiger partial charge is 0.166 e. The number of anilines is 1. The summed E-state index contributed by atoms with van der Waals surface area (Å²) in [6.45, 7) is 0.801. The van der Waals surface area contributed by atoms with Gasteiger partial charge < -0.3 is 14.8 Å². The van der Waals surface area contributed by atoms with Crippen molar-refractivity contribution in [2.24, 2.45) is 0 Å². The molecule has 28 heavy (non-hydrogen) atoms. The van der Waals surface area contributed by atoms with Gasteiger partial charge in [0.1, 0.15) is 6.61 Å². The van der Waals surface area contributed by atoms with E-state index in [0.717, 1.165) is 16.8 Å². The van der Waals surface area contributed by atoms with Gasteiger partial charge in [-0.25, -0.2) is 0 Å². The second-order valence-electron chi connectivity index (χ2n) is 5.96. The molecule has 0 heterocycles. The van der Waals surface area contributed by atoms with E-state index in [-0.39, 0.29) is 6.61 Å². The molecule has 0 saturated carbocycles. The molecule has 0 aromatic heterocycles. The van der Waals surface area contributed by atoms with E-state index < -0.39 is 0 Å². The van der Waals surface area contributed by atoms with E-state index >= 15 is 0 Å². The third kappa shape index (κ3) is 5.18. The maximum Gasteiger partial charge on any atom is 0.166 e. The summed E-state index contributed by atoms with van der Waals surface area (Å²) in [6, 6.07) is 16.4. The molecule has 0 unspecified atom stereocenters. The lowest BCUT2D eigenvalue weighted by Gasteiger charge is -2.17. The summed E-state index contributed by atoms with van der Waals surface area (Å²) >= 11 is 24.3. The highest BCUT2D eigenvalue weighted by Gasteiger charge is 2.12. The van der Waals surface area contributed by atoms with E-state index in [9.17, 15) is 0 Å². The predicted octanol–water partition coefficient (Wildman–Crippen LogP) is 7.50. The zero-order valence-electron chi connectivity index (χ0n) is 14.9. The van der Waals surface area contributed by atoms with Crippen molar-refractivity contribution in [2.45, 2.75) is 13.2 Å². The number of ether oxygens (including phenoxy) is 2. The molecule has 0 aliphatic rings. The van der Waals surface area contributed by atoms with Gasteiger partial charge in [-0.05, 0) is 36.4 Å². The van der Waals surface area contributed by atoms with E-state index in [2.05, 4.69) is 5.32 Å². The molecule has 3 rings (SSSR count). The maximum atomic E-state index is 6.25. The molecule has 0 radical (unpaired) electrons. The monoisotopic (exact) mass is 455 g/mol. The van der Waals surface area contributed by atoms with Gasteiger partial charge in [-0.3, -0.25) is 0 Å². The summed E-state index contributed by atoms with van der Waals surface area (Å²) in [7, 11) is 1.60. The Morgan fingerprint density at radius 1 is 0.821 bits per heavy atom. The molecule has 1 N–H and O–H groups in total. The minimum atomic E-state index is 0.288. The second kappa shape index (κ2) is 9.62. The number of nitrogens with one attached hydrogen (secondary N) is 1. The molecule has 0 aliphatic heterocycles. The average Bonchev–Trinajstić information content (AvgIpc) is 2.68. The van der Waals surface area contributed by atoms with Crippen molar-refractivity contribution in [3.63, 3.8) is 0 Å². The highest BCUT2D eigenvalue weighted by atomic mass is 35.5. The van der Waals surface area contributed by atoms with Gasteiger partial charge in [0.15, 0.2) is 11.5 Å². The Labute approximate surface area is 184 Å². The Balaban J connectivity index is 1.78. The number of benzene rings is 3. The topological polar surface area (TPSA) is 30.5 Å². The van der Waals surface area contributed by atoms with Crippen molar-refractivity contribution >= 4 is 52.1 Å². The molecule has 7 heteroatoms. The molecule has 0 amide bonds. The van der Waals surface area contributed by atoms with Crippen LogP contribution < -0.4 is 14.8 Å². The molecule has 0 fully saturated rings. The summed E-state index contributed by atoms with van der Waals surface area (Å²) in [5.41, 5.74) is 2.61. The Morgan fingerprint density at radius 3 is 2.36 bits per heavy atom. The largest absolute Gasteiger partial charge is 0.493 e. The van der Waals surface area contributed by atoms with Crippen molar-refractivity contribution in [3.8, 4) is 11.5 Å². The Bertz CT molecular complexity index is 979. The Morgan fingerprint density at radius 2 is 1.64 bits per heavy atom. The SMILES string of the molecule is COc1cccc(CNc2ccc(Cl)c(Cl)c2)c1OCc1ccc(Cl)cc1Cl. The first-order valence-electron chi connectivity index (χ1n) is 8.39. The van der Waals surface area contributed by atoms with Crippen LogP contribution in [0.2, 0.25) is 20.1 Å². The maximum absolute atomic E-state index is 6.25. The van der Waals surface area contributed by atoms with Crippen LogP contribution in [0.3, 0.4) is 0 Å². The highest BCUT2D eigenvalue weighted by Crippen LogP contribution is 2.34. The van der Waals surface area contributed by atoms with Crippen molar-refractivity contribution in [2.75, 3.05) is 12.4 Å². The van der Waals surface area contributed by atoms with Crippen LogP contribution in [0.25, 0.3) is 0 Å². The van der Waals surface area contributed by atoms with Crippen molar-refractivity contribution in [1.82, 2.24) is 0 Å². The van der Waals surface area contributed by atoms with Gasteiger partial charge in [0.2, 0.25) is 0 Å². The van der Waals surface area contributed by atoms with Gasteiger partial charge in [-0.1, -0.05) is 64.6 Å². The molecule has 0 aliphatic carbocycles. The number of halogens is 4. The van der Waals surface area contributed by atoms with Crippen LogP contribution in [0.15, 0.2) is 54.6 Å². The van der Waals surface area contributed by atoms with Gasteiger partial charge in [-0.2, -0.15) is 0 Å². The fourth-order valence-electron chi connectivity index (χ4n) is 2.62. The lowest BCUT2D eigenvalue weighted by atomic mass is 10.1. The van der Waals surface area contributed by atoms with E-state index in [0.29, 0.717) is 38.1 Å². The predicted molar refractivity (Wildman–Crippen MR) is 118 cm³/mol. The van der Waals surface area contributed by atoms with E-state index in [1.807, 2.05) is 30.3 Å². The fraction of sp³-hybridized carbons (Fsp3) is 0.143. The minimum absolute atomic E-state index is 0.288. The first-order valence-corrected chi connectivity index (χ1v) is 9.90. The third-order valence-corrected chi connectivity index (χ3v) is 5.40. The minimum Gasteiger partial charge on any atom is -0.493 e. The second-order valence-corrected chi connectivity index (χ2v) is 7.61. The number of methoxy groups -OCH3 is 1. The van der Waals surface area contributed by atoms with Crippen LogP contribution in [0.4, 0.5) is 5.69 Å². The molecular weight excluding hydrogens is 440 g/mol. The standard InChI is InChI=1S/C21H17Cl4NO2/c1-27-20-4-2-3-13(11-26-16-7-8-17(23)19(25)10-16)21(20)28-12-14-5-6-15(22)9-18(14)24/h2-10,26H,11-12H2,1H3. The van der Waals surface area contributed by atoms with Crippen molar-refractivity contribution < 1.29 is 9.47 Å². The molecular formula is C21H17Cl4NO2. The molecule has 0 spiro atoms. The Hall–Kier alpha value is -1.78. The summed E-state index contributed by atoms with van der Waals surface area (Å²) in [6.07, 6.45) is 0. The lowest BCUT2D eigenvalue weighted by molar-refractivity contribution is 0.282. The van der Waals surface area contributed by atoms with Gasteiger partial charge in [0, 0.05) is 33.4 Å². The summed E-state index contributed by atoms with van der Waals surface area (Å²) in [5.74, 6) is 1.28. The Kier molecular flexibility index (Phi) is 7.19. The normalized spacial score (nSPS) is 10.6. The van der Waals surface area contributed by atoms with Gasteiger partial charge in [0.25, 0.3) is 0 Å². The van der Waals surface area contributed by atoms with E-state index in [1.54, 1.807) is 31.4 Å². The van der Waals surface area contributed by atoms with Crippen LogP contribution in [0.1, 0.15) is 11.1 Å². The quantitative estimate of drug-likeness (QED) is 0.399. The third-order valence-electron chi connectivity index (χ3n) is 4.07. The zero-order chi connectivity index (χ0) is 20.1. The lowest BCUT2D eigenvalue weighted by Crippen LogP contribution is -2.05. The molecule has 0 bridgehead atoms. The van der Waals surface area contributed by atoms with Gasteiger partial charge in [0.05, 0.1) is 17.2 Å². The molecule has 146 valence electrons. The molecule has 0 atom stereocenters. The van der Waals surface area contributed by atoms with E-state index in [4.69, 9.17) is 55.9 Å². The van der Waals surface area contributed by atoms with Gasteiger partial charge >= 0.3 is 0 Å². The number of hydrogen-bond acceptors (Lipinski definition) is 3. The molecule has 0 saturated heterocycles. The fourth-order valence-corrected chi connectivity index (χ4v) is 3.38. The molecule has 3 aromatic carbocycles. The molecule has 3 nitrogen and oxygen atoms in total. The number of hydrogen-bond donors (Lipinski definition) is 1. The zero-order valence-corrected chi connectivity index (χ0v) is 18.0. The first kappa shape index (κ1) is 20.9. The highest BCUT2D eigenvalue weighted by molar-refractivity contribution is 6.42. The summed E-state index contributed by atoms with van der Waals surface area (Å²) in [5, 5.41) is 5.45. The van der Waals surface area contributed by atoms with Crippen LogP contribution >= 0.6 is 46.4 Å². The van der Waals surface area contributed by atoms with Crippen molar-refractivity contribution in [1.29, 1.82) is 0 Å². The van der Waals surface area contributed by atoms with Crippen LogP contribution in [0.5, 0.6) is 11.5 Å². The van der Waals surface area contributed by atoms with Crippen LogP contribution in [-0.2, 0) is 13.2 Å². The average molecular weight is 457 g/mol. The van der Waals surface area contributed by atoms with Gasteiger partial charge in [-0.15, -0.1) is 0 Å². The summed E-state index contributed by atoms with van der Waals surface area (Å²) < 4.78 is 11.5. The van der Waals surface area contributed by atoms with Crippen LogP contribution in [-0.4, -0.2) is 7.11 Å². The summed E-state index contributed by atoms with van der Waals surface area (Å²) in [4.78, 5) is 0. The van der Waals surface area contributed by atoms with E-state index in [1.165, 1.54) is 0 Å². The number of para-hydroxylation sites is 1.